The van der Waals surface area contributed by atoms with Crippen LogP contribution in [-0.2, 0) is 4.74 Å². The number of amides is 3. The Balaban J connectivity index is 1.94. The zero-order valence-corrected chi connectivity index (χ0v) is 10.9. The Morgan fingerprint density at radius 1 is 1.28 bits per heavy atom. The third-order valence-electron chi connectivity index (χ3n) is 3.77. The minimum atomic E-state index is -0.205. The number of nitrogens with one attached hydrogen (secondary N) is 2. The van der Waals surface area contributed by atoms with Gasteiger partial charge in [0.05, 0.1) is 6.61 Å². The number of carbonyl (C=O) groups is 2. The number of ether oxygens (including phenoxy) is 1. The van der Waals surface area contributed by atoms with Gasteiger partial charge in [0.15, 0.2) is 0 Å². The SMILES string of the molecule is CCOC(=O)N1C2CCC1CC(NC(=O)NC)C2. The van der Waals surface area contributed by atoms with Gasteiger partial charge in [-0.1, -0.05) is 0 Å². The van der Waals surface area contributed by atoms with E-state index >= 15 is 0 Å². The van der Waals surface area contributed by atoms with Crippen LogP contribution in [0.4, 0.5) is 9.59 Å². The van der Waals surface area contributed by atoms with Crippen LogP contribution in [0.3, 0.4) is 0 Å². The van der Waals surface area contributed by atoms with E-state index in [0.29, 0.717) is 6.61 Å². The lowest BCUT2D eigenvalue weighted by Gasteiger charge is -2.38. The van der Waals surface area contributed by atoms with Crippen LogP contribution in [0, 0.1) is 0 Å². The van der Waals surface area contributed by atoms with Crippen molar-refractivity contribution in [2.75, 3.05) is 13.7 Å². The molecule has 2 heterocycles. The maximum Gasteiger partial charge on any atom is 0.410 e. The monoisotopic (exact) mass is 255 g/mol. The molecule has 2 fully saturated rings. The highest BCUT2D eigenvalue weighted by Gasteiger charge is 2.44. The summed E-state index contributed by atoms with van der Waals surface area (Å²) >= 11 is 0. The van der Waals surface area contributed by atoms with Crippen LogP contribution in [0.2, 0.25) is 0 Å². The van der Waals surface area contributed by atoms with Crippen molar-refractivity contribution in [2.24, 2.45) is 0 Å². The van der Waals surface area contributed by atoms with E-state index in [4.69, 9.17) is 4.74 Å². The number of hydrogen-bond acceptors (Lipinski definition) is 3. The van der Waals surface area contributed by atoms with Crippen LogP contribution in [-0.4, -0.2) is 48.8 Å². The molecule has 2 N–H and O–H groups in total. The minimum Gasteiger partial charge on any atom is -0.450 e. The Kier molecular flexibility index (Phi) is 3.93. The first-order chi connectivity index (χ1) is 8.65. The van der Waals surface area contributed by atoms with Gasteiger partial charge in [-0.3, -0.25) is 0 Å². The molecule has 2 saturated heterocycles. The molecular formula is C12H21N3O3. The Hall–Kier alpha value is -1.46. The average Bonchev–Trinajstić information content (AvgIpc) is 2.61. The first-order valence-corrected chi connectivity index (χ1v) is 6.59. The Morgan fingerprint density at radius 2 is 1.89 bits per heavy atom. The number of hydrogen-bond donors (Lipinski definition) is 2. The fraction of sp³-hybridized carbons (Fsp3) is 0.833. The Bertz CT molecular complexity index is 321. The van der Waals surface area contributed by atoms with Crippen molar-refractivity contribution < 1.29 is 14.3 Å². The van der Waals surface area contributed by atoms with E-state index in [0.717, 1.165) is 25.7 Å². The predicted molar refractivity (Wildman–Crippen MR) is 66.3 cm³/mol. The van der Waals surface area contributed by atoms with Crippen LogP contribution in [0.5, 0.6) is 0 Å². The van der Waals surface area contributed by atoms with Gasteiger partial charge in [0.1, 0.15) is 0 Å². The molecule has 0 radical (unpaired) electrons. The second-order valence-electron chi connectivity index (χ2n) is 4.88. The first-order valence-electron chi connectivity index (χ1n) is 6.59. The highest BCUT2D eigenvalue weighted by atomic mass is 16.6. The van der Waals surface area contributed by atoms with Crippen molar-refractivity contribution in [3.05, 3.63) is 0 Å². The number of fused-ring (bicyclic) bond motifs is 2. The molecule has 3 amide bonds. The van der Waals surface area contributed by atoms with Crippen LogP contribution in [0.1, 0.15) is 32.6 Å². The van der Waals surface area contributed by atoms with E-state index in [1.54, 1.807) is 7.05 Å². The van der Waals surface area contributed by atoms with Crippen molar-refractivity contribution in [1.82, 2.24) is 15.5 Å². The van der Waals surface area contributed by atoms with Crippen molar-refractivity contribution >= 4 is 12.1 Å². The van der Waals surface area contributed by atoms with Crippen molar-refractivity contribution in [2.45, 2.75) is 50.7 Å². The quantitative estimate of drug-likeness (QED) is 0.775. The van der Waals surface area contributed by atoms with Gasteiger partial charge in [0.2, 0.25) is 0 Å². The van der Waals surface area contributed by atoms with Crippen LogP contribution < -0.4 is 10.6 Å². The molecule has 0 aliphatic carbocycles. The molecule has 2 rings (SSSR count). The number of rotatable bonds is 2. The fourth-order valence-electron chi connectivity index (χ4n) is 3.05. The van der Waals surface area contributed by atoms with E-state index in [1.165, 1.54) is 0 Å². The molecule has 2 bridgehead atoms. The molecule has 2 aliphatic heterocycles. The smallest absolute Gasteiger partial charge is 0.410 e. The molecule has 2 atom stereocenters. The fourth-order valence-corrected chi connectivity index (χ4v) is 3.05. The average molecular weight is 255 g/mol. The zero-order chi connectivity index (χ0) is 13.1. The molecule has 6 nitrogen and oxygen atoms in total. The summed E-state index contributed by atoms with van der Waals surface area (Å²) in [5.74, 6) is 0. The molecule has 2 aliphatic rings. The summed E-state index contributed by atoms with van der Waals surface area (Å²) in [7, 11) is 1.61. The molecule has 0 aromatic rings. The Labute approximate surface area is 107 Å². The van der Waals surface area contributed by atoms with Crippen molar-refractivity contribution in [3.8, 4) is 0 Å². The van der Waals surface area contributed by atoms with Gasteiger partial charge in [-0.2, -0.15) is 0 Å². The highest BCUT2D eigenvalue weighted by molar-refractivity contribution is 5.74. The van der Waals surface area contributed by atoms with Crippen molar-refractivity contribution in [1.29, 1.82) is 0 Å². The molecule has 0 saturated carbocycles. The molecule has 2 unspecified atom stereocenters. The summed E-state index contributed by atoms with van der Waals surface area (Å²) in [5, 5.41) is 5.49. The predicted octanol–water partition coefficient (Wildman–Crippen LogP) is 1.07. The van der Waals surface area contributed by atoms with Crippen LogP contribution in [0.25, 0.3) is 0 Å². The second-order valence-corrected chi connectivity index (χ2v) is 4.88. The van der Waals surface area contributed by atoms with Gasteiger partial charge in [-0.25, -0.2) is 9.59 Å². The summed E-state index contributed by atoms with van der Waals surface area (Å²) < 4.78 is 5.09. The minimum absolute atomic E-state index is 0.149. The summed E-state index contributed by atoms with van der Waals surface area (Å²) in [4.78, 5) is 25.0. The van der Waals surface area contributed by atoms with Gasteiger partial charge in [-0.15, -0.1) is 0 Å². The lowest BCUT2D eigenvalue weighted by Crippen LogP contribution is -2.53. The summed E-state index contributed by atoms with van der Waals surface area (Å²) in [6, 6.07) is 0.437. The number of urea groups is 1. The lowest BCUT2D eigenvalue weighted by atomic mass is 9.98. The van der Waals surface area contributed by atoms with E-state index in [2.05, 4.69) is 10.6 Å². The zero-order valence-electron chi connectivity index (χ0n) is 10.9. The Morgan fingerprint density at radius 3 is 2.39 bits per heavy atom. The standard InChI is InChI=1S/C12H21N3O3/c1-3-18-12(17)15-9-4-5-10(15)7-8(6-9)14-11(16)13-2/h8-10H,3-7H2,1-2H3,(H2,13,14,16). The summed E-state index contributed by atoms with van der Waals surface area (Å²) in [6.45, 7) is 2.23. The normalized spacial score (nSPS) is 29.9. The molecular weight excluding hydrogens is 234 g/mol. The third-order valence-corrected chi connectivity index (χ3v) is 3.77. The maximum absolute atomic E-state index is 11.8. The number of piperidine rings is 1. The van der Waals surface area contributed by atoms with Gasteiger partial charge >= 0.3 is 12.1 Å². The van der Waals surface area contributed by atoms with Gasteiger partial charge in [-0.05, 0) is 32.6 Å². The molecule has 0 aromatic carbocycles. The topological polar surface area (TPSA) is 70.7 Å². The molecule has 0 spiro atoms. The van der Waals surface area contributed by atoms with Crippen LogP contribution >= 0.6 is 0 Å². The third kappa shape index (κ3) is 2.52. The maximum atomic E-state index is 11.8. The summed E-state index contributed by atoms with van der Waals surface area (Å²) in [5.41, 5.74) is 0. The molecule has 6 heteroatoms. The van der Waals surface area contributed by atoms with Crippen molar-refractivity contribution in [3.63, 3.8) is 0 Å². The van der Waals surface area contributed by atoms with Gasteiger partial charge < -0.3 is 20.3 Å². The largest absolute Gasteiger partial charge is 0.450 e. The van der Waals surface area contributed by atoms with E-state index in [1.807, 2.05) is 11.8 Å². The number of nitrogens with zero attached hydrogens (tertiary/aromatic N) is 1. The highest BCUT2D eigenvalue weighted by Crippen LogP contribution is 2.36. The molecule has 0 aromatic heterocycles. The van der Waals surface area contributed by atoms with E-state index in [9.17, 15) is 9.59 Å². The first kappa shape index (κ1) is 13.0. The van der Waals surface area contributed by atoms with Gasteiger partial charge in [0.25, 0.3) is 0 Å². The van der Waals surface area contributed by atoms with E-state index < -0.39 is 0 Å². The van der Waals surface area contributed by atoms with Gasteiger partial charge in [0, 0.05) is 25.2 Å². The molecule has 18 heavy (non-hydrogen) atoms. The van der Waals surface area contributed by atoms with E-state index in [-0.39, 0.29) is 30.2 Å². The lowest BCUT2D eigenvalue weighted by molar-refractivity contribution is 0.0671. The number of carbonyl (C=O) groups excluding carboxylic acids is 2. The summed E-state index contributed by atoms with van der Waals surface area (Å²) in [6.07, 6.45) is 3.46. The van der Waals surface area contributed by atoms with Crippen LogP contribution in [0.15, 0.2) is 0 Å². The second kappa shape index (κ2) is 5.46. The molecule has 102 valence electrons.